The van der Waals surface area contributed by atoms with Gasteiger partial charge in [-0.1, -0.05) is 24.3 Å². The minimum atomic E-state index is -0.466. The van der Waals surface area contributed by atoms with E-state index >= 15 is 0 Å². The van der Waals surface area contributed by atoms with E-state index in [9.17, 15) is 9.59 Å². The van der Waals surface area contributed by atoms with Gasteiger partial charge in [-0.15, -0.1) is 0 Å². The second kappa shape index (κ2) is 8.32. The van der Waals surface area contributed by atoms with Crippen molar-refractivity contribution in [2.45, 2.75) is 19.4 Å². The van der Waals surface area contributed by atoms with Gasteiger partial charge in [-0.25, -0.2) is 0 Å². The standard InChI is InChI=1S/C24H26N2O4/c1-4-29-17-12-10-16(11-13-17)21-20-22(27)18-8-5-6-9-19(18)30-23(20)24(28)26(21)15-7-14-25(2)3/h5-6,8-13,21H,4,7,14-15H2,1-3H3/t21-/m1/s1. The second-order valence-electron chi connectivity index (χ2n) is 7.73. The van der Waals surface area contributed by atoms with E-state index < -0.39 is 6.04 Å². The molecular formula is C24H26N2O4. The third-order valence-corrected chi connectivity index (χ3v) is 5.38. The van der Waals surface area contributed by atoms with Crippen molar-refractivity contribution >= 4 is 16.9 Å². The van der Waals surface area contributed by atoms with E-state index in [1.807, 2.05) is 51.4 Å². The first kappa shape index (κ1) is 20.2. The lowest BCUT2D eigenvalue weighted by Gasteiger charge is -2.26. The van der Waals surface area contributed by atoms with Crippen molar-refractivity contribution in [3.8, 4) is 5.75 Å². The lowest BCUT2D eigenvalue weighted by molar-refractivity contribution is 0.0722. The molecule has 6 heteroatoms. The zero-order valence-electron chi connectivity index (χ0n) is 17.6. The minimum absolute atomic E-state index is 0.144. The van der Waals surface area contributed by atoms with Crippen LogP contribution in [-0.4, -0.2) is 49.5 Å². The molecule has 0 N–H and O–H groups in total. The van der Waals surface area contributed by atoms with Crippen molar-refractivity contribution in [3.05, 3.63) is 75.6 Å². The molecule has 0 saturated heterocycles. The Morgan fingerprint density at radius 3 is 2.50 bits per heavy atom. The Balaban J connectivity index is 1.82. The van der Waals surface area contributed by atoms with Crippen molar-refractivity contribution in [2.24, 2.45) is 0 Å². The van der Waals surface area contributed by atoms with Gasteiger partial charge in [0, 0.05) is 6.54 Å². The number of carbonyl (C=O) groups excluding carboxylic acids is 1. The first-order chi connectivity index (χ1) is 14.5. The van der Waals surface area contributed by atoms with Gasteiger partial charge in [0.05, 0.1) is 23.6 Å². The second-order valence-corrected chi connectivity index (χ2v) is 7.73. The van der Waals surface area contributed by atoms with Gasteiger partial charge in [0.2, 0.25) is 5.76 Å². The fraction of sp³-hybridized carbons (Fsp3) is 0.333. The van der Waals surface area contributed by atoms with Gasteiger partial charge in [-0.2, -0.15) is 0 Å². The number of hydrogen-bond donors (Lipinski definition) is 0. The molecule has 1 aliphatic rings. The fourth-order valence-corrected chi connectivity index (χ4v) is 4.01. The number of ether oxygens (including phenoxy) is 1. The molecule has 0 bridgehead atoms. The Morgan fingerprint density at radius 2 is 1.80 bits per heavy atom. The van der Waals surface area contributed by atoms with Crippen LogP contribution in [0.3, 0.4) is 0 Å². The SMILES string of the molecule is CCOc1ccc([C@@H]2c3c(oc4ccccc4c3=O)C(=O)N2CCCN(C)C)cc1. The van der Waals surface area contributed by atoms with Crippen LogP contribution < -0.4 is 10.2 Å². The predicted octanol–water partition coefficient (Wildman–Crippen LogP) is 3.69. The molecule has 1 atom stereocenters. The molecule has 156 valence electrons. The molecule has 2 aromatic carbocycles. The third-order valence-electron chi connectivity index (χ3n) is 5.38. The molecule has 30 heavy (non-hydrogen) atoms. The van der Waals surface area contributed by atoms with Crippen LogP contribution >= 0.6 is 0 Å². The Hall–Kier alpha value is -3.12. The van der Waals surface area contributed by atoms with Crippen LogP contribution in [0.2, 0.25) is 0 Å². The maximum atomic E-state index is 13.4. The zero-order chi connectivity index (χ0) is 21.3. The number of nitrogens with zero attached hydrogens (tertiary/aromatic N) is 2. The summed E-state index contributed by atoms with van der Waals surface area (Å²) in [5.41, 5.74) is 1.59. The van der Waals surface area contributed by atoms with E-state index in [4.69, 9.17) is 9.15 Å². The van der Waals surface area contributed by atoms with Gasteiger partial charge in [-0.05, 0) is 63.8 Å². The van der Waals surface area contributed by atoms with Gasteiger partial charge < -0.3 is 19.0 Å². The Bertz CT molecular complexity index is 1120. The van der Waals surface area contributed by atoms with Gasteiger partial charge in [-0.3, -0.25) is 9.59 Å². The number of benzene rings is 2. The van der Waals surface area contributed by atoms with E-state index in [1.165, 1.54) is 0 Å². The highest BCUT2D eigenvalue weighted by Crippen LogP contribution is 2.38. The first-order valence-corrected chi connectivity index (χ1v) is 10.3. The van der Waals surface area contributed by atoms with Crippen LogP contribution in [0.5, 0.6) is 5.75 Å². The minimum Gasteiger partial charge on any atom is -0.494 e. The maximum Gasteiger partial charge on any atom is 0.290 e. The van der Waals surface area contributed by atoms with E-state index in [2.05, 4.69) is 4.90 Å². The predicted molar refractivity (Wildman–Crippen MR) is 116 cm³/mol. The molecule has 0 radical (unpaired) electrons. The summed E-state index contributed by atoms with van der Waals surface area (Å²) >= 11 is 0. The van der Waals surface area contributed by atoms with E-state index in [1.54, 1.807) is 23.1 Å². The highest BCUT2D eigenvalue weighted by atomic mass is 16.5. The van der Waals surface area contributed by atoms with Gasteiger partial charge in [0.25, 0.3) is 5.91 Å². The molecule has 2 heterocycles. The summed E-state index contributed by atoms with van der Waals surface area (Å²) < 4.78 is 11.5. The normalized spacial score (nSPS) is 15.8. The molecule has 1 amide bonds. The molecule has 6 nitrogen and oxygen atoms in total. The smallest absolute Gasteiger partial charge is 0.290 e. The third kappa shape index (κ3) is 3.59. The summed E-state index contributed by atoms with van der Waals surface area (Å²) in [4.78, 5) is 30.5. The highest BCUT2D eigenvalue weighted by Gasteiger charge is 2.42. The lowest BCUT2D eigenvalue weighted by atomic mass is 9.98. The average molecular weight is 406 g/mol. The molecular weight excluding hydrogens is 380 g/mol. The van der Waals surface area contributed by atoms with E-state index in [0.717, 1.165) is 24.3 Å². The number of rotatable bonds is 7. The summed E-state index contributed by atoms with van der Waals surface area (Å²) in [6, 6.07) is 14.2. The summed E-state index contributed by atoms with van der Waals surface area (Å²) in [6.45, 7) is 3.90. The molecule has 1 aromatic heterocycles. The zero-order valence-corrected chi connectivity index (χ0v) is 17.6. The fourth-order valence-electron chi connectivity index (χ4n) is 4.01. The summed E-state index contributed by atoms with van der Waals surface area (Å²) in [5, 5.41) is 0.495. The number of amides is 1. The lowest BCUT2D eigenvalue weighted by Crippen LogP contribution is -2.32. The van der Waals surface area contributed by atoms with Crippen molar-refractivity contribution in [2.75, 3.05) is 33.8 Å². The van der Waals surface area contributed by atoms with Crippen LogP contribution in [0, 0.1) is 0 Å². The Morgan fingerprint density at radius 1 is 1.07 bits per heavy atom. The summed E-state index contributed by atoms with van der Waals surface area (Å²) in [5.74, 6) is 0.684. The van der Waals surface area contributed by atoms with Crippen molar-refractivity contribution in [1.82, 2.24) is 9.80 Å². The summed E-state index contributed by atoms with van der Waals surface area (Å²) in [7, 11) is 4.00. The molecule has 4 rings (SSSR count). The topological polar surface area (TPSA) is 63.0 Å². The summed E-state index contributed by atoms with van der Waals surface area (Å²) in [6.07, 6.45) is 0.800. The van der Waals surface area contributed by atoms with Gasteiger partial charge >= 0.3 is 0 Å². The van der Waals surface area contributed by atoms with Crippen LogP contribution in [0.1, 0.15) is 41.1 Å². The number of fused-ring (bicyclic) bond motifs is 2. The highest BCUT2D eigenvalue weighted by molar-refractivity contribution is 5.99. The molecule has 1 aliphatic heterocycles. The molecule has 3 aromatic rings. The molecule has 0 aliphatic carbocycles. The van der Waals surface area contributed by atoms with Crippen LogP contribution in [0.15, 0.2) is 57.7 Å². The van der Waals surface area contributed by atoms with Crippen LogP contribution in [0.4, 0.5) is 0 Å². The van der Waals surface area contributed by atoms with Gasteiger partial charge in [0.1, 0.15) is 11.3 Å². The van der Waals surface area contributed by atoms with Crippen molar-refractivity contribution < 1.29 is 13.9 Å². The number of carbonyl (C=O) groups is 1. The monoisotopic (exact) mass is 406 g/mol. The first-order valence-electron chi connectivity index (χ1n) is 10.3. The van der Waals surface area contributed by atoms with Crippen LogP contribution in [0.25, 0.3) is 11.0 Å². The number of hydrogen-bond acceptors (Lipinski definition) is 5. The van der Waals surface area contributed by atoms with Crippen molar-refractivity contribution in [1.29, 1.82) is 0 Å². The molecule has 0 saturated carbocycles. The van der Waals surface area contributed by atoms with Gasteiger partial charge in [0.15, 0.2) is 5.43 Å². The van der Waals surface area contributed by atoms with Crippen LogP contribution in [-0.2, 0) is 0 Å². The van der Waals surface area contributed by atoms with E-state index in [0.29, 0.717) is 29.7 Å². The average Bonchev–Trinajstić information content (AvgIpc) is 3.01. The number of para-hydroxylation sites is 1. The quantitative estimate of drug-likeness (QED) is 0.599. The Labute approximate surface area is 175 Å². The van der Waals surface area contributed by atoms with E-state index in [-0.39, 0.29) is 17.1 Å². The maximum absolute atomic E-state index is 13.4. The molecule has 0 spiro atoms. The molecule has 0 fully saturated rings. The largest absolute Gasteiger partial charge is 0.494 e. The Kier molecular flexibility index (Phi) is 5.59. The molecule has 0 unspecified atom stereocenters. The van der Waals surface area contributed by atoms with Crippen molar-refractivity contribution in [3.63, 3.8) is 0 Å².